The Kier molecular flexibility index (Phi) is 11.8. The van der Waals surface area contributed by atoms with Gasteiger partial charge < -0.3 is 14.2 Å². The Hall–Kier alpha value is -4.37. The van der Waals surface area contributed by atoms with E-state index in [0.29, 0.717) is 25.4 Å². The second-order valence-electron chi connectivity index (χ2n) is 9.08. The van der Waals surface area contributed by atoms with Gasteiger partial charge in [0, 0.05) is 16.7 Å². The molecule has 0 aliphatic heterocycles. The van der Waals surface area contributed by atoms with Crippen LogP contribution in [0.2, 0.25) is 0 Å². The van der Waals surface area contributed by atoms with Crippen molar-refractivity contribution in [3.8, 4) is 23.3 Å². The average Bonchev–Trinajstić information content (AvgIpc) is 2.94. The fourth-order valence-corrected chi connectivity index (χ4v) is 3.55. The van der Waals surface area contributed by atoms with Gasteiger partial charge in [0.15, 0.2) is 0 Å². The Morgan fingerprint density at radius 3 is 2.08 bits per heavy atom. The molecule has 0 saturated carbocycles. The molecule has 3 rings (SSSR count). The SMILES string of the molecule is C=C(C)C(=O)OCCCCCCOc1ccc(N=Nc2ccc(C#Cc3ccc(OCC)cc3)c(C)c2)cc1. The van der Waals surface area contributed by atoms with Crippen LogP contribution in [0.25, 0.3) is 0 Å². The standard InChI is InChI=1S/C33H36N2O4/c1-5-37-31-18-11-27(12-19-31)10-13-28-14-15-30(24-26(28)4)35-34-29-16-20-32(21-17-29)38-22-8-6-7-9-23-39-33(36)25(2)3/h11-12,14-21,24H,2,5-9,22-23H2,1,3-4H3. The van der Waals surface area contributed by atoms with Gasteiger partial charge in [0.05, 0.1) is 31.2 Å². The highest BCUT2D eigenvalue weighted by atomic mass is 16.5. The lowest BCUT2D eigenvalue weighted by Gasteiger charge is -2.07. The molecule has 0 aliphatic carbocycles. The lowest BCUT2D eigenvalue weighted by atomic mass is 10.1. The van der Waals surface area contributed by atoms with Gasteiger partial charge in [-0.2, -0.15) is 10.2 Å². The largest absolute Gasteiger partial charge is 0.494 e. The summed E-state index contributed by atoms with van der Waals surface area (Å²) in [5, 5.41) is 8.72. The van der Waals surface area contributed by atoms with Crippen molar-refractivity contribution >= 4 is 17.3 Å². The van der Waals surface area contributed by atoms with Gasteiger partial charge >= 0.3 is 5.97 Å². The maximum absolute atomic E-state index is 11.3. The fourth-order valence-electron chi connectivity index (χ4n) is 3.55. The minimum Gasteiger partial charge on any atom is -0.494 e. The number of aryl methyl sites for hydroxylation is 1. The van der Waals surface area contributed by atoms with Gasteiger partial charge in [-0.1, -0.05) is 18.4 Å². The van der Waals surface area contributed by atoms with Crippen LogP contribution in [-0.4, -0.2) is 25.8 Å². The molecule has 0 radical (unpaired) electrons. The third kappa shape index (κ3) is 10.5. The molecule has 0 N–H and O–H groups in total. The number of carbonyl (C=O) groups excluding carboxylic acids is 1. The highest BCUT2D eigenvalue weighted by Crippen LogP contribution is 2.23. The Balaban J connectivity index is 1.41. The van der Waals surface area contributed by atoms with Gasteiger partial charge in [-0.25, -0.2) is 4.79 Å². The first-order valence-electron chi connectivity index (χ1n) is 13.3. The van der Waals surface area contributed by atoms with E-state index in [9.17, 15) is 4.79 Å². The summed E-state index contributed by atoms with van der Waals surface area (Å²) in [5.41, 5.74) is 4.89. The summed E-state index contributed by atoms with van der Waals surface area (Å²) in [6.07, 6.45) is 3.79. The Morgan fingerprint density at radius 1 is 0.795 bits per heavy atom. The van der Waals surface area contributed by atoms with E-state index < -0.39 is 0 Å². The second-order valence-corrected chi connectivity index (χ2v) is 9.08. The summed E-state index contributed by atoms with van der Waals surface area (Å²) in [4.78, 5) is 11.3. The highest BCUT2D eigenvalue weighted by molar-refractivity contribution is 5.86. The Bertz CT molecular complexity index is 1320. The first-order valence-corrected chi connectivity index (χ1v) is 13.3. The molecule has 0 amide bonds. The molecule has 0 aliphatic rings. The molecule has 0 bridgehead atoms. The van der Waals surface area contributed by atoms with Crippen LogP contribution in [0, 0.1) is 18.8 Å². The average molecular weight is 525 g/mol. The molecule has 202 valence electrons. The quantitative estimate of drug-likeness (QED) is 0.0742. The highest BCUT2D eigenvalue weighted by Gasteiger charge is 2.02. The van der Waals surface area contributed by atoms with E-state index in [1.54, 1.807) is 6.92 Å². The van der Waals surface area contributed by atoms with Gasteiger partial charge in [-0.05, 0) is 119 Å². The van der Waals surface area contributed by atoms with Crippen molar-refractivity contribution in [1.29, 1.82) is 0 Å². The molecule has 0 heterocycles. The van der Waals surface area contributed by atoms with Crippen LogP contribution in [-0.2, 0) is 9.53 Å². The van der Waals surface area contributed by atoms with Crippen LogP contribution in [0.15, 0.2) is 89.1 Å². The van der Waals surface area contributed by atoms with Crippen LogP contribution in [0.4, 0.5) is 11.4 Å². The number of hydrogen-bond acceptors (Lipinski definition) is 6. The number of benzene rings is 3. The van der Waals surface area contributed by atoms with Crippen molar-refractivity contribution in [3.63, 3.8) is 0 Å². The van der Waals surface area contributed by atoms with E-state index in [2.05, 4.69) is 28.6 Å². The molecule has 0 fully saturated rings. The van der Waals surface area contributed by atoms with E-state index in [1.807, 2.05) is 80.6 Å². The molecule has 0 saturated heterocycles. The van der Waals surface area contributed by atoms with E-state index in [0.717, 1.165) is 65.2 Å². The normalized spacial score (nSPS) is 10.5. The summed E-state index contributed by atoms with van der Waals surface area (Å²) >= 11 is 0. The minimum absolute atomic E-state index is 0.323. The fraction of sp³-hybridized carbons (Fsp3) is 0.303. The predicted octanol–water partition coefficient (Wildman–Crippen LogP) is 8.27. The number of unbranched alkanes of at least 4 members (excludes halogenated alkanes) is 3. The second kappa shape index (κ2) is 15.8. The van der Waals surface area contributed by atoms with E-state index in [4.69, 9.17) is 14.2 Å². The van der Waals surface area contributed by atoms with Crippen LogP contribution in [0.3, 0.4) is 0 Å². The van der Waals surface area contributed by atoms with Crippen LogP contribution >= 0.6 is 0 Å². The van der Waals surface area contributed by atoms with Crippen molar-refractivity contribution in [3.05, 3.63) is 95.6 Å². The summed E-state index contributed by atoms with van der Waals surface area (Å²) in [7, 11) is 0. The zero-order valence-corrected chi connectivity index (χ0v) is 23.0. The van der Waals surface area contributed by atoms with Crippen molar-refractivity contribution < 1.29 is 19.0 Å². The first-order chi connectivity index (χ1) is 18.9. The molecular weight excluding hydrogens is 488 g/mol. The Labute approximate surface area is 231 Å². The zero-order chi connectivity index (χ0) is 27.9. The van der Waals surface area contributed by atoms with Gasteiger partial charge in [-0.3, -0.25) is 0 Å². The van der Waals surface area contributed by atoms with E-state index in [-0.39, 0.29) is 5.97 Å². The maximum atomic E-state index is 11.3. The number of carbonyl (C=O) groups is 1. The number of hydrogen-bond donors (Lipinski definition) is 0. The number of nitrogens with zero attached hydrogens (tertiary/aromatic N) is 2. The van der Waals surface area contributed by atoms with Crippen molar-refractivity contribution in [2.75, 3.05) is 19.8 Å². The maximum Gasteiger partial charge on any atom is 0.333 e. The lowest BCUT2D eigenvalue weighted by molar-refractivity contribution is -0.139. The van der Waals surface area contributed by atoms with Gasteiger partial charge in [0.25, 0.3) is 0 Å². The van der Waals surface area contributed by atoms with Crippen LogP contribution < -0.4 is 9.47 Å². The zero-order valence-electron chi connectivity index (χ0n) is 23.0. The smallest absolute Gasteiger partial charge is 0.333 e. The Morgan fingerprint density at radius 2 is 1.41 bits per heavy atom. The molecule has 3 aromatic rings. The molecule has 0 aromatic heterocycles. The number of ether oxygens (including phenoxy) is 3. The molecular formula is C33H36N2O4. The molecule has 6 heteroatoms. The first kappa shape index (κ1) is 29.2. The van der Waals surface area contributed by atoms with Crippen LogP contribution in [0.1, 0.15) is 56.2 Å². The van der Waals surface area contributed by atoms with Crippen molar-refractivity contribution in [2.24, 2.45) is 10.2 Å². The summed E-state index contributed by atoms with van der Waals surface area (Å²) in [5.74, 6) is 7.76. The van der Waals surface area contributed by atoms with E-state index >= 15 is 0 Å². The molecule has 0 atom stereocenters. The lowest BCUT2D eigenvalue weighted by Crippen LogP contribution is -2.06. The van der Waals surface area contributed by atoms with Gasteiger partial charge in [0.1, 0.15) is 11.5 Å². The molecule has 0 unspecified atom stereocenters. The van der Waals surface area contributed by atoms with E-state index in [1.165, 1.54) is 0 Å². The molecule has 6 nitrogen and oxygen atoms in total. The summed E-state index contributed by atoms with van der Waals surface area (Å²) < 4.78 is 16.4. The van der Waals surface area contributed by atoms with Crippen LogP contribution in [0.5, 0.6) is 11.5 Å². The molecule has 0 spiro atoms. The number of esters is 1. The monoisotopic (exact) mass is 524 g/mol. The van der Waals surface area contributed by atoms with Crippen molar-refractivity contribution in [1.82, 2.24) is 0 Å². The summed E-state index contributed by atoms with van der Waals surface area (Å²) in [6.45, 7) is 10.9. The minimum atomic E-state index is -0.323. The van der Waals surface area contributed by atoms with Gasteiger partial charge in [-0.15, -0.1) is 0 Å². The van der Waals surface area contributed by atoms with Gasteiger partial charge in [0.2, 0.25) is 0 Å². The third-order valence-corrected chi connectivity index (χ3v) is 5.72. The topological polar surface area (TPSA) is 69.5 Å². The number of rotatable bonds is 13. The molecule has 3 aromatic carbocycles. The van der Waals surface area contributed by atoms with Crippen molar-refractivity contribution in [2.45, 2.75) is 46.5 Å². The number of azo groups is 1. The summed E-state index contributed by atoms with van der Waals surface area (Å²) in [6, 6.07) is 21.2. The molecule has 39 heavy (non-hydrogen) atoms. The predicted molar refractivity (Wildman–Crippen MR) is 155 cm³/mol. The third-order valence-electron chi connectivity index (χ3n) is 5.72.